The van der Waals surface area contributed by atoms with Gasteiger partial charge in [-0.1, -0.05) is 0 Å². The predicted molar refractivity (Wildman–Crippen MR) is 65.7 cm³/mol. The fraction of sp³-hybridized carbons (Fsp3) is 0.385. The first kappa shape index (κ1) is 13.5. The van der Waals surface area contributed by atoms with Gasteiger partial charge >= 0.3 is 6.03 Å². The average molecular weight is 268 g/mol. The fourth-order valence-electron chi connectivity index (χ4n) is 1.93. The topological polar surface area (TPSA) is 40.6 Å². The number of anilines is 1. The van der Waals surface area contributed by atoms with Crippen molar-refractivity contribution in [3.05, 3.63) is 29.8 Å². The second kappa shape index (κ2) is 4.29. The SMILES string of the molecule is CC(C)(C)N1CC(=O)N(c2ccc(F)cc2F)C1=O. The van der Waals surface area contributed by atoms with Gasteiger partial charge in [-0.15, -0.1) is 0 Å². The van der Waals surface area contributed by atoms with Crippen molar-refractivity contribution in [1.82, 2.24) is 4.90 Å². The minimum absolute atomic E-state index is 0.112. The van der Waals surface area contributed by atoms with Gasteiger partial charge in [-0.25, -0.2) is 18.5 Å². The molecule has 2 rings (SSSR count). The number of nitrogens with zero attached hydrogens (tertiary/aromatic N) is 2. The molecule has 0 N–H and O–H groups in total. The van der Waals surface area contributed by atoms with Crippen LogP contribution in [0.4, 0.5) is 19.3 Å². The van der Waals surface area contributed by atoms with Gasteiger partial charge in [0, 0.05) is 11.6 Å². The molecule has 1 saturated heterocycles. The van der Waals surface area contributed by atoms with Crippen LogP contribution < -0.4 is 4.90 Å². The summed E-state index contributed by atoms with van der Waals surface area (Å²) >= 11 is 0. The van der Waals surface area contributed by atoms with Gasteiger partial charge in [0.15, 0.2) is 0 Å². The van der Waals surface area contributed by atoms with Crippen LogP contribution in [0.25, 0.3) is 0 Å². The maximum atomic E-state index is 13.7. The molecule has 1 aromatic rings. The van der Waals surface area contributed by atoms with E-state index in [0.29, 0.717) is 6.07 Å². The molecule has 102 valence electrons. The van der Waals surface area contributed by atoms with Crippen LogP contribution in [0.5, 0.6) is 0 Å². The van der Waals surface area contributed by atoms with E-state index >= 15 is 0 Å². The predicted octanol–water partition coefficient (Wildman–Crippen LogP) is 2.53. The highest BCUT2D eigenvalue weighted by Gasteiger charge is 2.43. The largest absolute Gasteiger partial charge is 0.332 e. The molecular formula is C13H14F2N2O2. The van der Waals surface area contributed by atoms with Crippen LogP contribution in [0, 0.1) is 11.6 Å². The zero-order chi connectivity index (χ0) is 14.4. The molecule has 19 heavy (non-hydrogen) atoms. The van der Waals surface area contributed by atoms with Crippen LogP contribution in [-0.2, 0) is 4.79 Å². The van der Waals surface area contributed by atoms with Crippen molar-refractivity contribution in [2.45, 2.75) is 26.3 Å². The van der Waals surface area contributed by atoms with Crippen molar-refractivity contribution in [1.29, 1.82) is 0 Å². The molecule has 0 saturated carbocycles. The number of halogens is 2. The lowest BCUT2D eigenvalue weighted by Crippen LogP contribution is -2.44. The summed E-state index contributed by atoms with van der Waals surface area (Å²) in [7, 11) is 0. The van der Waals surface area contributed by atoms with E-state index < -0.39 is 29.1 Å². The van der Waals surface area contributed by atoms with Gasteiger partial charge in [0.25, 0.3) is 5.91 Å². The maximum absolute atomic E-state index is 13.7. The molecule has 4 nitrogen and oxygen atoms in total. The molecular weight excluding hydrogens is 254 g/mol. The quantitative estimate of drug-likeness (QED) is 0.734. The van der Waals surface area contributed by atoms with Crippen LogP contribution in [0.2, 0.25) is 0 Å². The number of carbonyl (C=O) groups excluding carboxylic acids is 2. The Morgan fingerprint density at radius 1 is 1.16 bits per heavy atom. The van der Waals surface area contributed by atoms with Crippen LogP contribution in [0.15, 0.2) is 18.2 Å². The molecule has 0 unspecified atom stereocenters. The molecule has 1 fully saturated rings. The van der Waals surface area contributed by atoms with Gasteiger partial charge in [0.2, 0.25) is 0 Å². The third kappa shape index (κ3) is 2.30. The number of imide groups is 1. The first-order valence-corrected chi connectivity index (χ1v) is 5.81. The number of hydrogen-bond donors (Lipinski definition) is 0. The lowest BCUT2D eigenvalue weighted by Gasteiger charge is -2.30. The Bertz CT molecular complexity index is 552. The minimum atomic E-state index is -0.933. The molecule has 0 bridgehead atoms. The minimum Gasteiger partial charge on any atom is -0.310 e. The second-order valence-electron chi connectivity index (χ2n) is 5.36. The molecule has 0 spiro atoms. The third-order valence-electron chi connectivity index (χ3n) is 2.93. The molecule has 6 heteroatoms. The number of carbonyl (C=O) groups is 2. The number of urea groups is 1. The van der Waals surface area contributed by atoms with E-state index in [0.717, 1.165) is 17.0 Å². The van der Waals surface area contributed by atoms with Crippen molar-refractivity contribution in [2.24, 2.45) is 0 Å². The first-order valence-electron chi connectivity index (χ1n) is 5.81. The molecule has 0 atom stereocenters. The van der Waals surface area contributed by atoms with Crippen molar-refractivity contribution in [3.63, 3.8) is 0 Å². The Balaban J connectivity index is 2.41. The van der Waals surface area contributed by atoms with Crippen LogP contribution in [-0.4, -0.2) is 28.9 Å². The summed E-state index contributed by atoms with van der Waals surface area (Å²) in [6.45, 7) is 5.23. The van der Waals surface area contributed by atoms with E-state index in [9.17, 15) is 18.4 Å². The molecule has 0 aromatic heterocycles. The molecule has 3 amide bonds. The highest BCUT2D eigenvalue weighted by molar-refractivity contribution is 6.20. The normalized spacial score (nSPS) is 16.5. The van der Waals surface area contributed by atoms with Crippen molar-refractivity contribution in [3.8, 4) is 0 Å². The highest BCUT2D eigenvalue weighted by Crippen LogP contribution is 2.28. The van der Waals surface area contributed by atoms with E-state index in [2.05, 4.69) is 0 Å². The van der Waals surface area contributed by atoms with E-state index in [1.807, 2.05) is 0 Å². The van der Waals surface area contributed by atoms with Gasteiger partial charge < -0.3 is 4.90 Å². The Hall–Kier alpha value is -1.98. The summed E-state index contributed by atoms with van der Waals surface area (Å²) in [5, 5.41) is 0. The number of amides is 3. The Labute approximate surface area is 109 Å². The molecule has 1 aliphatic rings. The van der Waals surface area contributed by atoms with Crippen LogP contribution >= 0.6 is 0 Å². The summed E-state index contributed by atoms with van der Waals surface area (Å²) in [4.78, 5) is 26.1. The molecule has 0 radical (unpaired) electrons. The lowest BCUT2D eigenvalue weighted by atomic mass is 10.1. The maximum Gasteiger partial charge on any atom is 0.332 e. The summed E-state index contributed by atoms with van der Waals surface area (Å²) in [6.07, 6.45) is 0. The summed E-state index contributed by atoms with van der Waals surface area (Å²) in [6, 6.07) is 2.16. The summed E-state index contributed by atoms with van der Waals surface area (Å²) in [5.41, 5.74) is -0.763. The van der Waals surface area contributed by atoms with Gasteiger partial charge in [0.05, 0.1) is 5.69 Å². The van der Waals surface area contributed by atoms with Gasteiger partial charge in [-0.05, 0) is 32.9 Å². The number of rotatable bonds is 1. The van der Waals surface area contributed by atoms with Gasteiger partial charge in [-0.2, -0.15) is 0 Å². The molecule has 0 aliphatic carbocycles. The Morgan fingerprint density at radius 2 is 1.79 bits per heavy atom. The molecule has 1 aromatic carbocycles. The highest BCUT2D eigenvalue weighted by atomic mass is 19.1. The molecule has 1 aliphatic heterocycles. The van der Waals surface area contributed by atoms with Crippen LogP contribution in [0.1, 0.15) is 20.8 Å². The monoisotopic (exact) mass is 268 g/mol. The zero-order valence-corrected chi connectivity index (χ0v) is 10.9. The fourth-order valence-corrected chi connectivity index (χ4v) is 1.93. The standard InChI is InChI=1S/C13H14F2N2O2/c1-13(2,3)16-7-11(18)17(12(16)19)10-5-4-8(14)6-9(10)15/h4-6H,7H2,1-3H3. The van der Waals surface area contributed by atoms with Crippen molar-refractivity contribution < 1.29 is 18.4 Å². The smallest absolute Gasteiger partial charge is 0.310 e. The van der Waals surface area contributed by atoms with Crippen molar-refractivity contribution >= 4 is 17.6 Å². The van der Waals surface area contributed by atoms with E-state index in [4.69, 9.17) is 0 Å². The van der Waals surface area contributed by atoms with Gasteiger partial charge in [0.1, 0.15) is 18.2 Å². The lowest BCUT2D eigenvalue weighted by molar-refractivity contribution is -0.117. The average Bonchev–Trinajstić information content (AvgIpc) is 2.55. The summed E-state index contributed by atoms with van der Waals surface area (Å²) < 4.78 is 26.5. The number of benzene rings is 1. The second-order valence-corrected chi connectivity index (χ2v) is 5.36. The van der Waals surface area contributed by atoms with Gasteiger partial charge in [-0.3, -0.25) is 4.79 Å². The number of hydrogen-bond acceptors (Lipinski definition) is 2. The van der Waals surface area contributed by atoms with Crippen molar-refractivity contribution in [2.75, 3.05) is 11.4 Å². The first-order chi connectivity index (χ1) is 8.71. The van der Waals surface area contributed by atoms with E-state index in [1.165, 1.54) is 4.90 Å². The van der Waals surface area contributed by atoms with Crippen LogP contribution in [0.3, 0.4) is 0 Å². The van der Waals surface area contributed by atoms with E-state index in [1.54, 1.807) is 20.8 Å². The van der Waals surface area contributed by atoms with E-state index in [-0.39, 0.29) is 12.2 Å². The Kier molecular flexibility index (Phi) is 3.04. The Morgan fingerprint density at radius 3 is 2.26 bits per heavy atom. The summed E-state index contributed by atoms with van der Waals surface area (Å²) in [5.74, 6) is -2.21. The third-order valence-corrected chi connectivity index (χ3v) is 2.93. The zero-order valence-electron chi connectivity index (χ0n) is 10.9. The molecule has 1 heterocycles.